The molecule has 0 aliphatic carbocycles. The van der Waals surface area contributed by atoms with Crippen LogP contribution in [0, 0.1) is 0 Å². The van der Waals surface area contributed by atoms with Crippen LogP contribution < -0.4 is 0 Å². The van der Waals surface area contributed by atoms with Crippen LogP contribution in [0.4, 0.5) is 0 Å². The molecule has 1 unspecified atom stereocenters. The molecule has 5 heteroatoms. The molecule has 0 bridgehead atoms. The van der Waals surface area contributed by atoms with Crippen molar-refractivity contribution < 1.29 is 19.7 Å². The first-order valence-electron chi connectivity index (χ1n) is 10.2. The van der Waals surface area contributed by atoms with Crippen LogP contribution in [0.25, 0.3) is 0 Å². The second-order valence-corrected chi connectivity index (χ2v) is 7.11. The van der Waals surface area contributed by atoms with E-state index in [0.717, 1.165) is 12.8 Å². The van der Waals surface area contributed by atoms with E-state index in [1.807, 2.05) is 11.9 Å². The Kier molecular flexibility index (Phi) is 17.7. The molecule has 0 aromatic heterocycles. The fourth-order valence-corrected chi connectivity index (χ4v) is 2.87. The molecule has 1 atom stereocenters. The zero-order valence-corrected chi connectivity index (χ0v) is 16.5. The maximum absolute atomic E-state index is 11.6. The molecule has 0 rings (SSSR count). The zero-order chi connectivity index (χ0) is 18.8. The molecule has 150 valence electrons. The molecule has 0 aromatic carbocycles. The van der Waals surface area contributed by atoms with Crippen LogP contribution >= 0.6 is 0 Å². The molecule has 5 nitrogen and oxygen atoms in total. The number of ether oxygens (including phenoxy) is 1. The monoisotopic (exact) mass is 359 g/mol. The minimum Gasteiger partial charge on any atom is -0.463 e. The summed E-state index contributed by atoms with van der Waals surface area (Å²) in [5.41, 5.74) is 0. The van der Waals surface area contributed by atoms with E-state index in [-0.39, 0.29) is 19.2 Å². The summed E-state index contributed by atoms with van der Waals surface area (Å²) in [7, 11) is 1.81. The standard InChI is InChI=1S/C20H41NO4/c1-3-4-5-6-7-8-9-10-11-12-13-14-20(24)25-18-19(23)17-21(2)15-16-22/h19,22-23H,3-18H2,1-2H3. The van der Waals surface area contributed by atoms with Gasteiger partial charge in [-0.25, -0.2) is 0 Å². The summed E-state index contributed by atoms with van der Waals surface area (Å²) < 4.78 is 5.10. The summed E-state index contributed by atoms with van der Waals surface area (Å²) in [6.45, 7) is 3.24. The number of rotatable bonds is 18. The van der Waals surface area contributed by atoms with Crippen molar-refractivity contribution in [2.75, 3.05) is 33.4 Å². The molecule has 0 radical (unpaired) electrons. The largest absolute Gasteiger partial charge is 0.463 e. The lowest BCUT2D eigenvalue weighted by Gasteiger charge is -2.19. The van der Waals surface area contributed by atoms with Gasteiger partial charge >= 0.3 is 5.97 Å². The topological polar surface area (TPSA) is 70.0 Å². The zero-order valence-electron chi connectivity index (χ0n) is 16.5. The Balaban J connectivity index is 3.35. The Morgan fingerprint density at radius 2 is 1.48 bits per heavy atom. The molecule has 0 saturated carbocycles. The second-order valence-electron chi connectivity index (χ2n) is 7.11. The van der Waals surface area contributed by atoms with Crippen molar-refractivity contribution in [2.45, 2.75) is 90.1 Å². The van der Waals surface area contributed by atoms with E-state index in [4.69, 9.17) is 9.84 Å². The van der Waals surface area contributed by atoms with Crippen molar-refractivity contribution in [3.05, 3.63) is 0 Å². The molecule has 0 spiro atoms. The van der Waals surface area contributed by atoms with Crippen molar-refractivity contribution >= 4 is 5.97 Å². The van der Waals surface area contributed by atoms with E-state index < -0.39 is 6.10 Å². The summed E-state index contributed by atoms with van der Waals surface area (Å²) in [5, 5.41) is 18.5. The van der Waals surface area contributed by atoms with Crippen LogP contribution in [0.2, 0.25) is 0 Å². The lowest BCUT2D eigenvalue weighted by molar-refractivity contribution is -0.147. The molecule has 0 amide bonds. The van der Waals surface area contributed by atoms with Gasteiger partial charge in [-0.2, -0.15) is 0 Å². The van der Waals surface area contributed by atoms with Gasteiger partial charge in [0.25, 0.3) is 0 Å². The first kappa shape index (κ1) is 24.4. The van der Waals surface area contributed by atoms with E-state index >= 15 is 0 Å². The molecule has 0 aliphatic rings. The SMILES string of the molecule is CCCCCCCCCCCCCC(=O)OCC(O)CN(C)CCO. The highest BCUT2D eigenvalue weighted by Crippen LogP contribution is 2.12. The lowest BCUT2D eigenvalue weighted by atomic mass is 10.1. The van der Waals surface area contributed by atoms with E-state index in [1.54, 1.807) is 0 Å². The van der Waals surface area contributed by atoms with Crippen LogP contribution in [-0.2, 0) is 9.53 Å². The summed E-state index contributed by atoms with van der Waals surface area (Å²) in [4.78, 5) is 13.4. The average molecular weight is 360 g/mol. The fourth-order valence-electron chi connectivity index (χ4n) is 2.87. The normalized spacial score (nSPS) is 12.5. The van der Waals surface area contributed by atoms with Crippen molar-refractivity contribution in [3.63, 3.8) is 0 Å². The highest BCUT2D eigenvalue weighted by Gasteiger charge is 2.11. The van der Waals surface area contributed by atoms with Gasteiger partial charge in [0.1, 0.15) is 12.7 Å². The van der Waals surface area contributed by atoms with Crippen LogP contribution in [0.3, 0.4) is 0 Å². The molecule has 2 N–H and O–H groups in total. The molecule has 0 aromatic rings. The van der Waals surface area contributed by atoms with Gasteiger partial charge in [-0.05, 0) is 13.5 Å². The maximum Gasteiger partial charge on any atom is 0.305 e. The Morgan fingerprint density at radius 3 is 2.00 bits per heavy atom. The Labute approximate surface area is 154 Å². The van der Waals surface area contributed by atoms with Crippen molar-refractivity contribution in [1.82, 2.24) is 4.90 Å². The highest BCUT2D eigenvalue weighted by atomic mass is 16.5. The number of likely N-dealkylation sites (N-methyl/N-ethyl adjacent to an activating group) is 1. The number of hydrogen-bond donors (Lipinski definition) is 2. The van der Waals surface area contributed by atoms with E-state index in [9.17, 15) is 9.90 Å². The van der Waals surface area contributed by atoms with Gasteiger partial charge < -0.3 is 19.8 Å². The summed E-state index contributed by atoms with van der Waals surface area (Å²) >= 11 is 0. The van der Waals surface area contributed by atoms with Crippen LogP contribution in [-0.4, -0.2) is 60.5 Å². The number of esters is 1. The predicted molar refractivity (Wildman–Crippen MR) is 103 cm³/mol. The van der Waals surface area contributed by atoms with E-state index in [0.29, 0.717) is 19.5 Å². The first-order valence-corrected chi connectivity index (χ1v) is 10.2. The number of aliphatic hydroxyl groups is 2. The quantitative estimate of drug-likeness (QED) is 0.289. The number of hydrogen-bond acceptors (Lipinski definition) is 5. The van der Waals surface area contributed by atoms with Crippen LogP contribution in [0.5, 0.6) is 0 Å². The second kappa shape index (κ2) is 18.2. The third-order valence-electron chi connectivity index (χ3n) is 4.43. The van der Waals surface area contributed by atoms with Crippen LogP contribution in [0.1, 0.15) is 84.0 Å². The summed E-state index contributed by atoms with van der Waals surface area (Å²) in [6.07, 6.45) is 13.6. The smallest absolute Gasteiger partial charge is 0.305 e. The molecule has 0 heterocycles. The van der Waals surface area contributed by atoms with Crippen molar-refractivity contribution in [2.24, 2.45) is 0 Å². The number of carbonyl (C=O) groups is 1. The maximum atomic E-state index is 11.6. The van der Waals surface area contributed by atoms with Gasteiger partial charge in [0.2, 0.25) is 0 Å². The lowest BCUT2D eigenvalue weighted by Crippen LogP contribution is -2.34. The number of unbranched alkanes of at least 4 members (excludes halogenated alkanes) is 10. The predicted octanol–water partition coefficient (Wildman–Crippen LogP) is 3.52. The molecule has 0 aliphatic heterocycles. The van der Waals surface area contributed by atoms with Crippen molar-refractivity contribution in [1.29, 1.82) is 0 Å². The molecule has 0 saturated heterocycles. The van der Waals surface area contributed by atoms with E-state index in [2.05, 4.69) is 6.92 Å². The Hall–Kier alpha value is -0.650. The van der Waals surface area contributed by atoms with Gasteiger partial charge in [0.15, 0.2) is 0 Å². The van der Waals surface area contributed by atoms with Crippen LogP contribution in [0.15, 0.2) is 0 Å². The van der Waals surface area contributed by atoms with Gasteiger partial charge in [-0.1, -0.05) is 71.1 Å². The number of carbonyl (C=O) groups excluding carboxylic acids is 1. The molecular weight excluding hydrogens is 318 g/mol. The minimum absolute atomic E-state index is 0.0344. The average Bonchev–Trinajstić information content (AvgIpc) is 2.58. The van der Waals surface area contributed by atoms with E-state index in [1.165, 1.54) is 57.8 Å². The van der Waals surface area contributed by atoms with Gasteiger partial charge in [-0.3, -0.25) is 4.79 Å². The Bertz CT molecular complexity index is 299. The number of aliphatic hydroxyl groups excluding tert-OH is 2. The van der Waals surface area contributed by atoms with Gasteiger partial charge in [0.05, 0.1) is 6.61 Å². The van der Waals surface area contributed by atoms with Gasteiger partial charge in [0, 0.05) is 19.5 Å². The summed E-state index contributed by atoms with van der Waals surface area (Å²) in [5.74, 6) is -0.222. The fraction of sp³-hybridized carbons (Fsp3) is 0.950. The molecule has 25 heavy (non-hydrogen) atoms. The highest BCUT2D eigenvalue weighted by molar-refractivity contribution is 5.69. The molecule has 0 fully saturated rings. The molecular formula is C20H41NO4. The Morgan fingerprint density at radius 1 is 0.960 bits per heavy atom. The third kappa shape index (κ3) is 18.0. The first-order chi connectivity index (χ1) is 12.1. The third-order valence-corrected chi connectivity index (χ3v) is 4.43. The van der Waals surface area contributed by atoms with Crippen molar-refractivity contribution in [3.8, 4) is 0 Å². The summed E-state index contributed by atoms with van der Waals surface area (Å²) in [6, 6.07) is 0. The number of nitrogens with zero attached hydrogens (tertiary/aromatic N) is 1. The van der Waals surface area contributed by atoms with Gasteiger partial charge in [-0.15, -0.1) is 0 Å². The minimum atomic E-state index is -0.696.